The maximum Gasteiger partial charge on any atom is 0.212 e. The quantitative estimate of drug-likeness (QED) is 0.148. The molecule has 5 aliphatic carbocycles. The number of aromatic nitrogens is 5. The number of rotatable bonds is 6. The van der Waals surface area contributed by atoms with Gasteiger partial charge in [0.2, 0.25) is 28.5 Å². The minimum atomic E-state index is 0.0675. The molecule has 0 fully saturated rings. The van der Waals surface area contributed by atoms with Crippen molar-refractivity contribution in [1.82, 2.24) is 0 Å². The zero-order chi connectivity index (χ0) is 86.0. The van der Waals surface area contributed by atoms with Crippen molar-refractivity contribution < 1.29 is 22.8 Å². The number of benzene rings is 10. The number of hydrogen-bond acceptors (Lipinski definition) is 0. The van der Waals surface area contributed by atoms with Crippen LogP contribution in [-0.4, -0.2) is 0 Å². The van der Waals surface area contributed by atoms with Crippen molar-refractivity contribution in [3.8, 4) is 112 Å². The monoisotopic (exact) mass is 1580 g/mol. The highest BCUT2D eigenvalue weighted by Gasteiger charge is 2.44. The molecule has 0 radical (unpaired) electrons. The van der Waals surface area contributed by atoms with E-state index in [1.54, 1.807) is 0 Å². The molecule has 0 bridgehead atoms. The smallest absolute Gasteiger partial charge is 0.201 e. The summed E-state index contributed by atoms with van der Waals surface area (Å²) in [5.74, 6) is 0. The molecule has 5 aromatic heterocycles. The van der Waals surface area contributed by atoms with Gasteiger partial charge in [-0.3, -0.25) is 0 Å². The Morgan fingerprint density at radius 1 is 0.207 bits per heavy atom. The lowest BCUT2D eigenvalue weighted by atomic mass is 9.78. The number of pyridine rings is 5. The van der Waals surface area contributed by atoms with Crippen LogP contribution in [0.25, 0.3) is 112 Å². The Kier molecular flexibility index (Phi) is 21.3. The van der Waals surface area contributed by atoms with Gasteiger partial charge in [0.25, 0.3) is 0 Å². The highest BCUT2D eigenvalue weighted by atomic mass is 14.9. The SMILES string of the molecule is CCc1c(-c2cccc[n+]2C)c(C)cc2c1-c1ccccc1C2(C)C.Cc1c(-c2cccc[n+]2C)cc2c(c1C)C(C)(C)c1ccccc1-2.Cc1c(-c2cccc[n+]2C)cc2c(c1C)C(C)(C)c1ccccc1-2.Cc1cc2c(c(C)c1-c1cccc[n+]1C)-c1ccccc1C2(C)C.Cc1cc2c(c(C)c1-c1cccc[n+]1C)-c1ccccc1C2(C)C. The summed E-state index contributed by atoms with van der Waals surface area (Å²) in [7, 11) is 10.6. The van der Waals surface area contributed by atoms with Crippen molar-refractivity contribution in [2.75, 3.05) is 0 Å². The molecule has 0 saturated heterocycles. The Morgan fingerprint density at radius 3 is 0.760 bits per heavy atom. The Balaban J connectivity index is 0.000000112. The third-order valence-electron chi connectivity index (χ3n) is 28.6. The molecule has 5 heterocycles. The first-order chi connectivity index (χ1) is 57.7. The lowest BCUT2D eigenvalue weighted by Gasteiger charge is -2.25. The lowest BCUT2D eigenvalue weighted by Crippen LogP contribution is -2.30. The van der Waals surface area contributed by atoms with Crippen LogP contribution in [0.5, 0.6) is 0 Å². The van der Waals surface area contributed by atoms with Crippen LogP contribution < -0.4 is 22.8 Å². The van der Waals surface area contributed by atoms with Crippen molar-refractivity contribution in [1.29, 1.82) is 0 Å². The second kappa shape index (κ2) is 31.2. The minimum absolute atomic E-state index is 0.0675. The molecule has 0 aliphatic heterocycles. The molecular formula is C116H122N5+5. The molecule has 15 aromatic rings. The zero-order valence-electron chi connectivity index (χ0n) is 76.4. The van der Waals surface area contributed by atoms with Gasteiger partial charge in [0.15, 0.2) is 31.0 Å². The maximum atomic E-state index is 2.43. The Bertz CT molecular complexity index is 6380. The molecule has 0 saturated carbocycles. The first-order valence-corrected chi connectivity index (χ1v) is 43.7. The van der Waals surface area contributed by atoms with Gasteiger partial charge in [-0.15, -0.1) is 0 Å². The van der Waals surface area contributed by atoms with Crippen LogP contribution in [0.3, 0.4) is 0 Å². The summed E-state index contributed by atoms with van der Waals surface area (Å²) >= 11 is 0. The topological polar surface area (TPSA) is 19.4 Å². The zero-order valence-corrected chi connectivity index (χ0v) is 76.4. The van der Waals surface area contributed by atoms with E-state index in [-0.39, 0.29) is 27.1 Å². The Morgan fingerprint density at radius 2 is 0.455 bits per heavy atom. The summed E-state index contributed by atoms with van der Waals surface area (Å²) in [6.45, 7) is 46.2. The van der Waals surface area contributed by atoms with Gasteiger partial charge in [-0.1, -0.05) is 216 Å². The van der Waals surface area contributed by atoms with Gasteiger partial charge < -0.3 is 0 Å². The van der Waals surface area contributed by atoms with Crippen molar-refractivity contribution in [3.63, 3.8) is 0 Å². The van der Waals surface area contributed by atoms with Crippen LogP contribution in [0.15, 0.2) is 274 Å². The molecule has 20 rings (SSSR count). The summed E-state index contributed by atoms with van der Waals surface area (Å²) in [6, 6.07) is 88.6. The van der Waals surface area contributed by atoms with E-state index >= 15 is 0 Å². The van der Waals surface area contributed by atoms with E-state index in [1.807, 2.05) is 0 Å². The highest BCUT2D eigenvalue weighted by molar-refractivity contribution is 5.93. The molecule has 0 amide bonds. The molecule has 0 atom stereocenters. The van der Waals surface area contributed by atoms with E-state index < -0.39 is 0 Å². The van der Waals surface area contributed by atoms with Crippen molar-refractivity contribution in [2.45, 2.75) is 172 Å². The summed E-state index contributed by atoms with van der Waals surface area (Å²) < 4.78 is 11.1. The Hall–Kier alpha value is -12.1. The molecule has 10 aromatic carbocycles. The third kappa shape index (κ3) is 13.5. The average molecular weight is 1590 g/mol. The van der Waals surface area contributed by atoms with Gasteiger partial charge in [-0.25, -0.2) is 22.8 Å². The van der Waals surface area contributed by atoms with E-state index in [2.05, 4.69) is 470 Å². The average Bonchev–Trinajstić information content (AvgIpc) is 1.60. The van der Waals surface area contributed by atoms with Gasteiger partial charge in [-0.05, 0) is 278 Å². The van der Waals surface area contributed by atoms with Crippen molar-refractivity contribution >= 4 is 0 Å². The van der Waals surface area contributed by atoms with Crippen LogP contribution in [0.2, 0.25) is 0 Å². The van der Waals surface area contributed by atoms with Crippen molar-refractivity contribution in [2.24, 2.45) is 35.2 Å². The minimum Gasteiger partial charge on any atom is -0.201 e. The summed E-state index contributed by atoms with van der Waals surface area (Å²) in [6.07, 6.45) is 11.7. The van der Waals surface area contributed by atoms with E-state index in [0.717, 1.165) is 6.42 Å². The first-order valence-electron chi connectivity index (χ1n) is 43.7. The molecule has 5 heteroatoms. The fourth-order valence-corrected chi connectivity index (χ4v) is 22.2. The van der Waals surface area contributed by atoms with E-state index in [0.29, 0.717) is 0 Å². The van der Waals surface area contributed by atoms with E-state index in [1.165, 1.54) is 223 Å². The van der Waals surface area contributed by atoms with Gasteiger partial charge in [-0.2, -0.15) is 0 Å². The van der Waals surface area contributed by atoms with Gasteiger partial charge in [0.1, 0.15) is 35.2 Å². The Labute approximate surface area is 722 Å². The second-order valence-electron chi connectivity index (χ2n) is 37.6. The number of aryl methyl sites for hydroxylation is 8. The molecule has 0 spiro atoms. The van der Waals surface area contributed by atoms with E-state index in [9.17, 15) is 0 Å². The number of nitrogens with zero attached hydrogens (tertiary/aromatic N) is 5. The largest absolute Gasteiger partial charge is 0.212 e. The summed E-state index contributed by atoms with van der Waals surface area (Å²) in [4.78, 5) is 0. The molecule has 0 N–H and O–H groups in total. The van der Waals surface area contributed by atoms with Crippen LogP contribution in [0.1, 0.15) is 187 Å². The predicted octanol–water partition coefficient (Wildman–Crippen LogP) is 25.8. The summed E-state index contributed by atoms with van der Waals surface area (Å²) in [5.41, 5.74) is 56.2. The highest BCUT2D eigenvalue weighted by Crippen LogP contribution is 2.58. The maximum absolute atomic E-state index is 2.43. The van der Waals surface area contributed by atoms with Crippen LogP contribution in [0.4, 0.5) is 0 Å². The lowest BCUT2D eigenvalue weighted by molar-refractivity contribution is -0.660. The molecule has 121 heavy (non-hydrogen) atoms. The van der Waals surface area contributed by atoms with Gasteiger partial charge >= 0.3 is 0 Å². The van der Waals surface area contributed by atoms with Gasteiger partial charge in [0.05, 0.1) is 16.7 Å². The van der Waals surface area contributed by atoms with E-state index in [4.69, 9.17) is 0 Å². The molecule has 606 valence electrons. The predicted molar refractivity (Wildman–Crippen MR) is 505 cm³/mol. The molecule has 5 nitrogen and oxygen atoms in total. The molecule has 5 aliphatic rings. The number of hydrogen-bond donors (Lipinski definition) is 0. The first kappa shape index (κ1) is 82.6. The second-order valence-corrected chi connectivity index (χ2v) is 37.6. The van der Waals surface area contributed by atoms with Crippen molar-refractivity contribution in [3.05, 3.63) is 385 Å². The normalized spacial score (nSPS) is 14.4. The standard InChI is InChI=1S/C24H26N.4C23H24N/c1-6-17-22(21-13-9-10-14-25(21)5)16(2)15-20-23(17)18-11-7-8-12-19(18)24(20,3)4;2*1-15-16(2)22-19(14-18(15)21-12-8-9-13-24(21)5)17-10-6-7-11-20(17)23(22,3)4;2*1-15-14-19-22(17-10-6-7-11-18(17)23(19,3)4)16(2)21(15)20-12-8-9-13-24(20)5/h7-15H,6H2,1-5H3;4*6-14H,1-5H3/q5*+1. The van der Waals surface area contributed by atoms with Gasteiger partial charge in [0, 0.05) is 98.9 Å². The van der Waals surface area contributed by atoms with Crippen LogP contribution >= 0.6 is 0 Å². The fraction of sp³-hybridized carbons (Fsp3) is 0.267. The number of fused-ring (bicyclic) bond motifs is 15. The fourth-order valence-electron chi connectivity index (χ4n) is 22.2. The third-order valence-corrected chi connectivity index (χ3v) is 28.6. The van der Waals surface area contributed by atoms with Crippen LogP contribution in [-0.2, 0) is 68.7 Å². The molecule has 0 unspecified atom stereocenters. The summed E-state index contributed by atoms with van der Waals surface area (Å²) in [5, 5.41) is 0. The molecular weight excluding hydrogens is 1460 g/mol. The van der Waals surface area contributed by atoms with Crippen LogP contribution in [0, 0.1) is 62.3 Å².